The van der Waals surface area contributed by atoms with E-state index in [2.05, 4.69) is 0 Å². The van der Waals surface area contributed by atoms with Crippen LogP contribution in [0.15, 0.2) is 29.2 Å². The van der Waals surface area contributed by atoms with Gasteiger partial charge >= 0.3 is 0 Å². The van der Waals surface area contributed by atoms with E-state index in [0.29, 0.717) is 6.54 Å². The van der Waals surface area contributed by atoms with Crippen molar-refractivity contribution in [1.82, 2.24) is 9.47 Å². The number of pyridine rings is 1. The Balaban J connectivity index is 1.90. The van der Waals surface area contributed by atoms with Crippen molar-refractivity contribution in [2.75, 3.05) is 13.1 Å². The predicted molar refractivity (Wildman–Crippen MR) is 63.9 cm³/mol. The molecule has 98 valence electrons. The maximum absolute atomic E-state index is 11.8. The largest absolute Gasteiger partial charge is 0.388 e. The van der Waals surface area contributed by atoms with Gasteiger partial charge in [0.25, 0.3) is 5.56 Å². The number of nitrogens with zero attached hydrogens (tertiary/aromatic N) is 2. The van der Waals surface area contributed by atoms with E-state index in [0.717, 1.165) is 0 Å². The van der Waals surface area contributed by atoms with Crippen LogP contribution in [0, 0.1) is 0 Å². The summed E-state index contributed by atoms with van der Waals surface area (Å²) in [6, 6.07) is 4.82. The van der Waals surface area contributed by atoms with E-state index < -0.39 is 12.2 Å². The molecule has 1 amide bonds. The average Bonchev–Trinajstić information content (AvgIpc) is 2.68. The summed E-state index contributed by atoms with van der Waals surface area (Å²) in [4.78, 5) is 24.6. The summed E-state index contributed by atoms with van der Waals surface area (Å²) in [7, 11) is 0. The van der Waals surface area contributed by atoms with E-state index in [-0.39, 0.29) is 31.0 Å². The van der Waals surface area contributed by atoms with Crippen molar-refractivity contribution in [3.05, 3.63) is 34.7 Å². The third-order valence-corrected chi connectivity index (χ3v) is 3.08. The Hall–Kier alpha value is -1.66. The zero-order valence-electron chi connectivity index (χ0n) is 9.90. The summed E-state index contributed by atoms with van der Waals surface area (Å²) >= 11 is 0. The van der Waals surface area contributed by atoms with Crippen molar-refractivity contribution >= 4 is 5.91 Å². The molecule has 1 aliphatic heterocycles. The van der Waals surface area contributed by atoms with Crippen LogP contribution in [0.2, 0.25) is 0 Å². The van der Waals surface area contributed by atoms with Crippen LogP contribution >= 0.6 is 0 Å². The number of aliphatic hydroxyl groups excluding tert-OH is 2. The number of aliphatic hydroxyl groups is 2. The molecule has 2 N–H and O–H groups in total. The molecule has 1 fully saturated rings. The molecular formula is C12H16N2O4. The molecule has 0 radical (unpaired) electrons. The Morgan fingerprint density at radius 1 is 1.28 bits per heavy atom. The molecule has 2 atom stereocenters. The van der Waals surface area contributed by atoms with E-state index in [1.807, 2.05) is 0 Å². The molecule has 0 spiro atoms. The number of rotatable bonds is 3. The van der Waals surface area contributed by atoms with Gasteiger partial charge in [0, 0.05) is 38.3 Å². The number of likely N-dealkylation sites (tertiary alicyclic amines) is 1. The van der Waals surface area contributed by atoms with Crippen LogP contribution in [-0.4, -0.2) is 50.9 Å². The summed E-state index contributed by atoms with van der Waals surface area (Å²) in [5.41, 5.74) is -0.146. The molecule has 1 aromatic rings. The molecule has 2 heterocycles. The van der Waals surface area contributed by atoms with Crippen molar-refractivity contribution in [3.63, 3.8) is 0 Å². The first-order chi connectivity index (χ1) is 8.58. The second-order valence-electron chi connectivity index (χ2n) is 4.42. The number of β-amino-alcohol motifs (C(OH)–C–C–N with tert-alkyl or cyclic N) is 2. The highest BCUT2D eigenvalue weighted by atomic mass is 16.3. The Morgan fingerprint density at radius 3 is 2.56 bits per heavy atom. The van der Waals surface area contributed by atoms with Crippen molar-refractivity contribution in [1.29, 1.82) is 0 Å². The maximum atomic E-state index is 11.8. The van der Waals surface area contributed by atoms with Gasteiger partial charge in [0.15, 0.2) is 0 Å². The molecule has 6 nitrogen and oxygen atoms in total. The smallest absolute Gasteiger partial charge is 0.250 e. The van der Waals surface area contributed by atoms with Crippen molar-refractivity contribution in [3.8, 4) is 0 Å². The van der Waals surface area contributed by atoms with Gasteiger partial charge in [0.1, 0.15) is 0 Å². The second-order valence-corrected chi connectivity index (χ2v) is 4.42. The van der Waals surface area contributed by atoms with Gasteiger partial charge < -0.3 is 19.7 Å². The monoisotopic (exact) mass is 252 g/mol. The lowest BCUT2D eigenvalue weighted by Crippen LogP contribution is -2.31. The highest BCUT2D eigenvalue weighted by Gasteiger charge is 2.32. The second kappa shape index (κ2) is 5.32. The van der Waals surface area contributed by atoms with Crippen LogP contribution < -0.4 is 5.56 Å². The van der Waals surface area contributed by atoms with Crippen LogP contribution in [0.4, 0.5) is 0 Å². The topological polar surface area (TPSA) is 82.8 Å². The highest BCUT2D eigenvalue weighted by molar-refractivity contribution is 5.76. The highest BCUT2D eigenvalue weighted by Crippen LogP contribution is 2.11. The van der Waals surface area contributed by atoms with Gasteiger partial charge in [-0.25, -0.2) is 0 Å². The van der Waals surface area contributed by atoms with Crippen LogP contribution in [0.5, 0.6) is 0 Å². The first kappa shape index (κ1) is 12.8. The van der Waals surface area contributed by atoms with Crippen LogP contribution in [0.3, 0.4) is 0 Å². The van der Waals surface area contributed by atoms with Crippen molar-refractivity contribution in [2.45, 2.75) is 25.2 Å². The van der Waals surface area contributed by atoms with Crippen LogP contribution in [-0.2, 0) is 11.3 Å². The fraction of sp³-hybridized carbons (Fsp3) is 0.500. The zero-order valence-corrected chi connectivity index (χ0v) is 9.90. The predicted octanol–water partition coefficient (Wildman–Crippen LogP) is -1.20. The Morgan fingerprint density at radius 2 is 1.94 bits per heavy atom. The Labute approximate surface area is 104 Å². The molecule has 1 saturated heterocycles. The number of hydrogen-bond acceptors (Lipinski definition) is 4. The molecule has 0 aliphatic carbocycles. The molecule has 1 aromatic heterocycles. The molecule has 2 rings (SSSR count). The van der Waals surface area contributed by atoms with Gasteiger partial charge in [-0.15, -0.1) is 0 Å². The van der Waals surface area contributed by atoms with Crippen LogP contribution in [0.25, 0.3) is 0 Å². The first-order valence-corrected chi connectivity index (χ1v) is 5.87. The fourth-order valence-corrected chi connectivity index (χ4v) is 1.99. The van der Waals surface area contributed by atoms with E-state index in [4.69, 9.17) is 0 Å². The normalized spacial score (nSPS) is 23.3. The van der Waals surface area contributed by atoms with E-state index in [1.54, 1.807) is 18.3 Å². The van der Waals surface area contributed by atoms with Crippen LogP contribution in [0.1, 0.15) is 6.42 Å². The van der Waals surface area contributed by atoms with Crippen molar-refractivity contribution < 1.29 is 15.0 Å². The van der Waals surface area contributed by atoms with Gasteiger partial charge in [0.2, 0.25) is 5.91 Å². The summed E-state index contributed by atoms with van der Waals surface area (Å²) in [5, 5.41) is 18.7. The molecule has 6 heteroatoms. The fourth-order valence-electron chi connectivity index (χ4n) is 1.99. The molecule has 1 aliphatic rings. The lowest BCUT2D eigenvalue weighted by atomic mass is 10.3. The number of aryl methyl sites for hydroxylation is 1. The maximum Gasteiger partial charge on any atom is 0.250 e. The summed E-state index contributed by atoms with van der Waals surface area (Å²) in [6.07, 6.45) is 0.0777. The van der Waals surface area contributed by atoms with Gasteiger partial charge in [-0.2, -0.15) is 0 Å². The van der Waals surface area contributed by atoms with Gasteiger partial charge in [-0.05, 0) is 6.07 Å². The van der Waals surface area contributed by atoms with E-state index >= 15 is 0 Å². The minimum Gasteiger partial charge on any atom is -0.388 e. The molecule has 0 saturated carbocycles. The number of carbonyl (C=O) groups is 1. The van der Waals surface area contributed by atoms with Crippen molar-refractivity contribution in [2.24, 2.45) is 0 Å². The van der Waals surface area contributed by atoms with Gasteiger partial charge in [0.05, 0.1) is 12.2 Å². The SMILES string of the molecule is O=C(CCn1ccccc1=O)N1CC(O)C(O)C1. The minimum absolute atomic E-state index is 0.146. The number of amides is 1. The van der Waals surface area contributed by atoms with E-state index in [9.17, 15) is 19.8 Å². The van der Waals surface area contributed by atoms with E-state index in [1.165, 1.54) is 15.5 Å². The molecular weight excluding hydrogens is 236 g/mol. The molecule has 2 unspecified atom stereocenters. The number of hydrogen-bond donors (Lipinski definition) is 2. The zero-order chi connectivity index (χ0) is 13.1. The third kappa shape index (κ3) is 2.77. The Bertz CT molecular complexity index is 475. The molecule has 0 aromatic carbocycles. The number of aromatic nitrogens is 1. The summed E-state index contributed by atoms with van der Waals surface area (Å²) in [6.45, 7) is 0.620. The average molecular weight is 252 g/mol. The molecule has 18 heavy (non-hydrogen) atoms. The quantitative estimate of drug-likeness (QED) is 0.708. The first-order valence-electron chi connectivity index (χ1n) is 5.87. The van der Waals surface area contributed by atoms with Gasteiger partial charge in [-0.3, -0.25) is 9.59 Å². The lowest BCUT2D eigenvalue weighted by Gasteiger charge is -2.15. The molecule has 0 bridgehead atoms. The standard InChI is InChI=1S/C12H16N2O4/c15-9-7-14(8-10(9)16)12(18)4-6-13-5-2-1-3-11(13)17/h1-3,5,9-10,15-16H,4,6-8H2. The summed E-state index contributed by atoms with van der Waals surface area (Å²) < 4.78 is 1.46. The lowest BCUT2D eigenvalue weighted by molar-refractivity contribution is -0.130. The third-order valence-electron chi connectivity index (χ3n) is 3.08. The Kier molecular flexibility index (Phi) is 3.78. The minimum atomic E-state index is -0.867. The number of carbonyl (C=O) groups excluding carboxylic acids is 1. The summed E-state index contributed by atoms with van der Waals surface area (Å²) in [5.74, 6) is -0.165. The van der Waals surface area contributed by atoms with Gasteiger partial charge in [-0.1, -0.05) is 6.07 Å².